The molecule has 0 saturated carbocycles. The highest BCUT2D eigenvalue weighted by Gasteiger charge is 2.19. The van der Waals surface area contributed by atoms with Crippen molar-refractivity contribution < 1.29 is 19.0 Å². The smallest absolute Gasteiger partial charge is 0.343 e. The second-order valence-corrected chi connectivity index (χ2v) is 11.8. The Kier molecular flexibility index (Phi) is 22.1. The number of para-hydroxylation sites is 1. The van der Waals surface area contributed by atoms with E-state index >= 15 is 0 Å². The van der Waals surface area contributed by atoms with Crippen LogP contribution in [0, 0.1) is 0 Å². The summed E-state index contributed by atoms with van der Waals surface area (Å²) in [6.07, 6.45) is 19.7. The predicted octanol–water partition coefficient (Wildman–Crippen LogP) is 9.37. The second-order valence-electron chi connectivity index (χ2n) is 11.8. The highest BCUT2D eigenvalue weighted by Crippen LogP contribution is 2.29. The Morgan fingerprint density at radius 2 is 1.16 bits per heavy atom. The summed E-state index contributed by atoms with van der Waals surface area (Å²) in [6.45, 7) is 8.57. The van der Waals surface area contributed by atoms with Gasteiger partial charge in [-0.2, -0.15) is 0 Å². The molecule has 1 fully saturated rings. The summed E-state index contributed by atoms with van der Waals surface area (Å²) in [4.78, 5) is 18.0. The number of rotatable bonds is 21. The lowest BCUT2D eigenvalue weighted by molar-refractivity contribution is 0.0728. The van der Waals surface area contributed by atoms with Gasteiger partial charge in [-0.15, -0.1) is 24.8 Å². The number of esters is 1. The van der Waals surface area contributed by atoms with Gasteiger partial charge < -0.3 is 19.1 Å². The third-order valence-corrected chi connectivity index (χ3v) is 8.48. The number of carbonyl (C=O) groups is 1. The molecule has 8 heteroatoms. The highest BCUT2D eigenvalue weighted by molar-refractivity contribution is 5.92. The van der Waals surface area contributed by atoms with Gasteiger partial charge in [0.1, 0.15) is 5.75 Å². The van der Waals surface area contributed by atoms with Crippen molar-refractivity contribution in [2.45, 2.75) is 103 Å². The maximum Gasteiger partial charge on any atom is 0.343 e. The number of halogens is 2. The maximum absolute atomic E-state index is 12.9. The molecule has 0 bridgehead atoms. The maximum atomic E-state index is 12.9. The minimum atomic E-state index is -0.401. The number of carbonyl (C=O) groups excluding carboxylic acids is 1. The molecule has 6 nitrogen and oxygen atoms in total. The van der Waals surface area contributed by atoms with E-state index in [9.17, 15) is 4.79 Å². The van der Waals surface area contributed by atoms with E-state index in [0.717, 1.165) is 38.3 Å². The van der Waals surface area contributed by atoms with Crippen molar-refractivity contribution in [2.75, 3.05) is 46.9 Å². The Morgan fingerprint density at radius 3 is 1.73 bits per heavy atom. The van der Waals surface area contributed by atoms with E-state index in [2.05, 4.69) is 22.8 Å². The average molecular weight is 654 g/mol. The Balaban J connectivity index is 0.00000484. The standard InChI is InChI=1S/C36H56N2O4.2ClH/c1-4-5-6-7-8-9-10-11-12-13-14-15-16-19-24-37-25-27-38(28-26-37)30-32-20-17-18-21-33(32)42-36(39)31-22-23-34(40-2)35(29-31)41-3;;/h17-18,20-23,29H,4-16,19,24-28,30H2,1-3H3;2*1H. The zero-order chi connectivity index (χ0) is 29.8. The number of unbranched alkanes of at least 4 members (excludes halogenated alkanes) is 13. The third kappa shape index (κ3) is 14.9. The van der Waals surface area contributed by atoms with Crippen LogP contribution in [0.25, 0.3) is 0 Å². The lowest BCUT2D eigenvalue weighted by atomic mass is 10.0. The molecular formula is C36H58Cl2N2O4. The minimum Gasteiger partial charge on any atom is -0.493 e. The van der Waals surface area contributed by atoms with Crippen LogP contribution >= 0.6 is 24.8 Å². The van der Waals surface area contributed by atoms with Crippen LogP contribution in [-0.2, 0) is 6.54 Å². The van der Waals surface area contributed by atoms with E-state index in [4.69, 9.17) is 14.2 Å². The van der Waals surface area contributed by atoms with Crippen LogP contribution in [0.4, 0.5) is 0 Å². The zero-order valence-corrected chi connectivity index (χ0v) is 29.2. The van der Waals surface area contributed by atoms with Crippen LogP contribution < -0.4 is 14.2 Å². The van der Waals surface area contributed by atoms with Gasteiger partial charge in [-0.3, -0.25) is 4.90 Å². The van der Waals surface area contributed by atoms with Crippen LogP contribution in [0.1, 0.15) is 113 Å². The number of ether oxygens (including phenoxy) is 3. The van der Waals surface area contributed by atoms with Gasteiger partial charge in [0, 0.05) is 38.3 Å². The topological polar surface area (TPSA) is 51.2 Å². The quantitative estimate of drug-likeness (QED) is 0.0761. The molecule has 2 aromatic carbocycles. The first-order valence-corrected chi connectivity index (χ1v) is 16.6. The van der Waals surface area contributed by atoms with Crippen LogP contribution in [0.2, 0.25) is 0 Å². The zero-order valence-electron chi connectivity index (χ0n) is 27.5. The fourth-order valence-corrected chi connectivity index (χ4v) is 5.80. The molecule has 0 atom stereocenters. The normalized spacial score (nSPS) is 13.5. The summed E-state index contributed by atoms with van der Waals surface area (Å²) in [5.41, 5.74) is 1.46. The summed E-state index contributed by atoms with van der Waals surface area (Å²) >= 11 is 0. The number of nitrogens with zero attached hydrogens (tertiary/aromatic N) is 2. The Bertz CT molecular complexity index is 1030. The number of hydrogen-bond donors (Lipinski definition) is 0. The molecular weight excluding hydrogens is 595 g/mol. The van der Waals surface area contributed by atoms with Crippen molar-refractivity contribution in [3.63, 3.8) is 0 Å². The summed E-state index contributed by atoms with van der Waals surface area (Å²) in [5, 5.41) is 0. The molecule has 0 spiro atoms. The molecule has 1 saturated heterocycles. The van der Waals surface area contributed by atoms with Crippen LogP contribution in [0.3, 0.4) is 0 Å². The summed E-state index contributed by atoms with van der Waals surface area (Å²) in [5.74, 6) is 1.30. The SMILES string of the molecule is CCCCCCCCCCCCCCCCN1CCN(Cc2ccccc2OC(=O)c2ccc(OC)c(OC)c2)CC1.Cl.Cl. The van der Waals surface area contributed by atoms with Crippen molar-refractivity contribution >= 4 is 30.8 Å². The van der Waals surface area contributed by atoms with Gasteiger partial charge in [0.15, 0.2) is 11.5 Å². The summed E-state index contributed by atoms with van der Waals surface area (Å²) in [6, 6.07) is 12.9. The Labute approximate surface area is 280 Å². The molecule has 2 aromatic rings. The summed E-state index contributed by atoms with van der Waals surface area (Å²) in [7, 11) is 3.13. The van der Waals surface area contributed by atoms with Gasteiger partial charge >= 0.3 is 5.97 Å². The van der Waals surface area contributed by atoms with E-state index in [1.807, 2.05) is 18.2 Å². The van der Waals surface area contributed by atoms with Crippen molar-refractivity contribution in [3.8, 4) is 17.2 Å². The van der Waals surface area contributed by atoms with E-state index in [1.165, 1.54) is 96.4 Å². The van der Waals surface area contributed by atoms with Crippen LogP contribution in [0.5, 0.6) is 17.2 Å². The largest absolute Gasteiger partial charge is 0.493 e. The third-order valence-electron chi connectivity index (χ3n) is 8.48. The van der Waals surface area contributed by atoms with Gasteiger partial charge in [0.2, 0.25) is 0 Å². The lowest BCUT2D eigenvalue weighted by Crippen LogP contribution is -2.46. The molecule has 1 aliphatic heterocycles. The second kappa shape index (κ2) is 24.3. The first-order chi connectivity index (χ1) is 20.6. The van der Waals surface area contributed by atoms with Gasteiger partial charge in [-0.1, -0.05) is 109 Å². The molecule has 0 aromatic heterocycles. The molecule has 1 aliphatic rings. The Hall–Kier alpha value is -1.99. The molecule has 3 rings (SSSR count). The van der Waals surface area contributed by atoms with E-state index < -0.39 is 5.97 Å². The highest BCUT2D eigenvalue weighted by atomic mass is 35.5. The van der Waals surface area contributed by atoms with Gasteiger partial charge in [-0.25, -0.2) is 4.79 Å². The molecule has 0 unspecified atom stereocenters. The number of hydrogen-bond acceptors (Lipinski definition) is 6. The molecule has 250 valence electrons. The van der Waals surface area contributed by atoms with Crippen molar-refractivity contribution in [3.05, 3.63) is 53.6 Å². The lowest BCUT2D eigenvalue weighted by Gasteiger charge is -2.35. The van der Waals surface area contributed by atoms with Gasteiger partial charge in [0.25, 0.3) is 0 Å². The van der Waals surface area contributed by atoms with E-state index in [1.54, 1.807) is 32.4 Å². The predicted molar refractivity (Wildman–Crippen MR) is 187 cm³/mol. The van der Waals surface area contributed by atoms with E-state index in [-0.39, 0.29) is 24.8 Å². The number of benzene rings is 2. The fourth-order valence-electron chi connectivity index (χ4n) is 5.80. The molecule has 0 radical (unpaired) electrons. The van der Waals surface area contributed by atoms with Gasteiger partial charge in [0.05, 0.1) is 19.8 Å². The van der Waals surface area contributed by atoms with Gasteiger partial charge in [-0.05, 0) is 37.2 Å². The molecule has 0 amide bonds. The fraction of sp³-hybridized carbons (Fsp3) is 0.639. The minimum absolute atomic E-state index is 0. The van der Waals surface area contributed by atoms with E-state index in [0.29, 0.717) is 22.8 Å². The Morgan fingerprint density at radius 1 is 0.636 bits per heavy atom. The monoisotopic (exact) mass is 652 g/mol. The average Bonchev–Trinajstić information content (AvgIpc) is 3.02. The molecule has 44 heavy (non-hydrogen) atoms. The first kappa shape index (κ1) is 40.0. The van der Waals surface area contributed by atoms with Crippen molar-refractivity contribution in [2.24, 2.45) is 0 Å². The molecule has 1 heterocycles. The van der Waals surface area contributed by atoms with Crippen molar-refractivity contribution in [1.82, 2.24) is 9.80 Å². The number of methoxy groups -OCH3 is 2. The summed E-state index contributed by atoms with van der Waals surface area (Å²) < 4.78 is 16.4. The first-order valence-electron chi connectivity index (χ1n) is 16.6. The van der Waals surface area contributed by atoms with Crippen LogP contribution in [0.15, 0.2) is 42.5 Å². The van der Waals surface area contributed by atoms with Crippen LogP contribution in [-0.4, -0.2) is 62.7 Å². The molecule has 0 N–H and O–H groups in total. The molecule has 0 aliphatic carbocycles. The number of piperazine rings is 1. The van der Waals surface area contributed by atoms with Crippen molar-refractivity contribution in [1.29, 1.82) is 0 Å².